The maximum absolute atomic E-state index is 11.7. The van der Waals surface area contributed by atoms with Crippen LogP contribution in [0.1, 0.15) is 16.1 Å². The zero-order chi connectivity index (χ0) is 18.1. The lowest BCUT2D eigenvalue weighted by Gasteiger charge is -2.04. The second-order valence-corrected chi connectivity index (χ2v) is 6.22. The van der Waals surface area contributed by atoms with Crippen LogP contribution < -0.4 is 0 Å². The van der Waals surface area contributed by atoms with Gasteiger partial charge < -0.3 is 5.11 Å². The largest absolute Gasteiger partial charge is 0.478 e. The van der Waals surface area contributed by atoms with E-state index >= 15 is 0 Å². The van der Waals surface area contributed by atoms with E-state index in [-0.39, 0.29) is 16.9 Å². The Morgan fingerprint density at radius 2 is 1.76 bits per heavy atom. The predicted octanol–water partition coefficient (Wildman–Crippen LogP) is 4.22. The molecule has 0 fully saturated rings. The lowest BCUT2D eigenvalue weighted by molar-refractivity contribution is -0.384. The molecule has 3 rings (SSSR count). The first-order valence-corrected chi connectivity index (χ1v) is 8.01. The Bertz CT molecular complexity index is 963. The number of hydrogen-bond acceptors (Lipinski definition) is 4. The SMILES string of the molecule is Cc1c(C(=O)O)c(-c2ccc([N+](=O)[O-])cc2)nn1-c1ccc(Br)cc1. The molecule has 1 N–H and O–H groups in total. The van der Waals surface area contributed by atoms with Crippen molar-refractivity contribution in [2.24, 2.45) is 0 Å². The van der Waals surface area contributed by atoms with Crippen LogP contribution >= 0.6 is 15.9 Å². The van der Waals surface area contributed by atoms with Crippen LogP contribution in [0.5, 0.6) is 0 Å². The number of aromatic nitrogens is 2. The van der Waals surface area contributed by atoms with Gasteiger partial charge in [-0.1, -0.05) is 15.9 Å². The number of rotatable bonds is 4. The number of non-ortho nitro benzene ring substituents is 1. The highest BCUT2D eigenvalue weighted by Crippen LogP contribution is 2.29. The minimum Gasteiger partial charge on any atom is -0.478 e. The lowest BCUT2D eigenvalue weighted by Crippen LogP contribution is -2.02. The monoisotopic (exact) mass is 401 g/mol. The van der Waals surface area contributed by atoms with Gasteiger partial charge in [-0.3, -0.25) is 10.1 Å². The molecule has 1 aromatic heterocycles. The van der Waals surface area contributed by atoms with Crippen molar-refractivity contribution in [1.29, 1.82) is 0 Å². The number of carboxylic acid groups (broad SMARTS) is 1. The van der Waals surface area contributed by atoms with Crippen LogP contribution in [-0.2, 0) is 0 Å². The fourth-order valence-electron chi connectivity index (χ4n) is 2.54. The first-order valence-electron chi connectivity index (χ1n) is 7.22. The van der Waals surface area contributed by atoms with E-state index in [0.29, 0.717) is 11.3 Å². The van der Waals surface area contributed by atoms with E-state index in [1.165, 1.54) is 24.3 Å². The van der Waals surface area contributed by atoms with Crippen LogP contribution in [0.25, 0.3) is 16.9 Å². The smallest absolute Gasteiger partial charge is 0.339 e. The molecule has 7 nitrogen and oxygen atoms in total. The fraction of sp³-hybridized carbons (Fsp3) is 0.0588. The molecule has 0 atom stereocenters. The maximum atomic E-state index is 11.7. The van der Waals surface area contributed by atoms with Crippen LogP contribution in [-0.4, -0.2) is 25.8 Å². The molecule has 8 heteroatoms. The van der Waals surface area contributed by atoms with Crippen LogP contribution in [0, 0.1) is 17.0 Å². The first kappa shape index (κ1) is 16.8. The van der Waals surface area contributed by atoms with Gasteiger partial charge in [0.05, 0.1) is 16.3 Å². The van der Waals surface area contributed by atoms with E-state index in [1.807, 2.05) is 24.3 Å². The molecule has 0 amide bonds. The van der Waals surface area contributed by atoms with Crippen LogP contribution in [0.15, 0.2) is 53.0 Å². The van der Waals surface area contributed by atoms with Crippen molar-refractivity contribution in [1.82, 2.24) is 9.78 Å². The first-order chi connectivity index (χ1) is 11.9. The summed E-state index contributed by atoms with van der Waals surface area (Å²) in [6.07, 6.45) is 0. The second-order valence-electron chi connectivity index (χ2n) is 5.31. The summed E-state index contributed by atoms with van der Waals surface area (Å²) in [5.74, 6) is -1.10. The Hall–Kier alpha value is -3.00. The molecule has 0 aliphatic carbocycles. The molecule has 1 heterocycles. The summed E-state index contributed by atoms with van der Waals surface area (Å²) >= 11 is 3.36. The molecule has 0 aliphatic heterocycles. The zero-order valence-corrected chi connectivity index (χ0v) is 14.6. The summed E-state index contributed by atoms with van der Waals surface area (Å²) in [5, 5.41) is 24.8. The second kappa shape index (κ2) is 6.48. The van der Waals surface area contributed by atoms with E-state index < -0.39 is 10.9 Å². The van der Waals surface area contributed by atoms with Gasteiger partial charge in [0.15, 0.2) is 0 Å². The van der Waals surface area contributed by atoms with Crippen molar-refractivity contribution < 1.29 is 14.8 Å². The van der Waals surface area contributed by atoms with E-state index in [1.54, 1.807) is 11.6 Å². The molecule has 0 radical (unpaired) electrons. The minimum atomic E-state index is -1.10. The number of carbonyl (C=O) groups is 1. The molecule has 0 aliphatic rings. The summed E-state index contributed by atoms with van der Waals surface area (Å²) in [5.41, 5.74) is 1.96. The molecular formula is C17H12BrN3O4. The molecule has 0 unspecified atom stereocenters. The van der Waals surface area contributed by atoms with Crippen LogP contribution in [0.2, 0.25) is 0 Å². The summed E-state index contributed by atoms with van der Waals surface area (Å²) < 4.78 is 2.45. The summed E-state index contributed by atoms with van der Waals surface area (Å²) in [4.78, 5) is 22.0. The van der Waals surface area contributed by atoms with Gasteiger partial charge in [0.25, 0.3) is 5.69 Å². The van der Waals surface area contributed by atoms with Gasteiger partial charge in [-0.25, -0.2) is 9.48 Å². The molecule has 25 heavy (non-hydrogen) atoms. The highest BCUT2D eigenvalue weighted by atomic mass is 79.9. The van der Waals surface area contributed by atoms with Crippen LogP contribution in [0.3, 0.4) is 0 Å². The zero-order valence-electron chi connectivity index (χ0n) is 13.0. The number of nitrogens with zero attached hydrogens (tertiary/aromatic N) is 3. The van der Waals surface area contributed by atoms with Crippen molar-refractivity contribution in [3.05, 3.63) is 74.4 Å². The quantitative estimate of drug-likeness (QED) is 0.521. The predicted molar refractivity (Wildman–Crippen MR) is 95.1 cm³/mol. The van der Waals surface area contributed by atoms with Crippen LogP contribution in [0.4, 0.5) is 5.69 Å². The number of hydrogen-bond donors (Lipinski definition) is 1. The highest BCUT2D eigenvalue weighted by Gasteiger charge is 2.23. The third-order valence-electron chi connectivity index (χ3n) is 3.75. The third-order valence-corrected chi connectivity index (χ3v) is 4.28. The summed E-state index contributed by atoms with van der Waals surface area (Å²) in [6, 6.07) is 13.0. The average molecular weight is 402 g/mol. The normalized spacial score (nSPS) is 10.6. The van der Waals surface area contributed by atoms with Gasteiger partial charge >= 0.3 is 5.97 Å². The number of nitro groups is 1. The molecule has 0 saturated carbocycles. The number of carboxylic acids is 1. The number of benzene rings is 2. The van der Waals surface area contributed by atoms with Gasteiger partial charge in [0.1, 0.15) is 11.3 Å². The topological polar surface area (TPSA) is 98.3 Å². The molecule has 0 spiro atoms. The summed E-state index contributed by atoms with van der Waals surface area (Å²) in [7, 11) is 0. The Morgan fingerprint density at radius 3 is 2.28 bits per heavy atom. The van der Waals surface area contributed by atoms with Gasteiger partial charge in [-0.2, -0.15) is 5.10 Å². The van der Waals surface area contributed by atoms with Gasteiger partial charge in [-0.15, -0.1) is 0 Å². The Kier molecular flexibility index (Phi) is 4.37. The Morgan fingerprint density at radius 1 is 1.16 bits per heavy atom. The van der Waals surface area contributed by atoms with E-state index in [9.17, 15) is 20.0 Å². The van der Waals surface area contributed by atoms with Gasteiger partial charge in [0.2, 0.25) is 0 Å². The van der Waals surface area contributed by atoms with E-state index in [0.717, 1.165) is 10.2 Å². The minimum absolute atomic E-state index is 0.0651. The molecule has 0 bridgehead atoms. The highest BCUT2D eigenvalue weighted by molar-refractivity contribution is 9.10. The van der Waals surface area contributed by atoms with E-state index in [2.05, 4.69) is 21.0 Å². The molecular weight excluding hydrogens is 390 g/mol. The van der Waals surface area contributed by atoms with Gasteiger partial charge in [0, 0.05) is 22.2 Å². The molecule has 3 aromatic rings. The number of aromatic carboxylic acids is 1. The maximum Gasteiger partial charge on any atom is 0.339 e. The Balaban J connectivity index is 2.16. The van der Waals surface area contributed by atoms with Crippen molar-refractivity contribution in [3.8, 4) is 16.9 Å². The average Bonchev–Trinajstić information content (AvgIpc) is 2.93. The van der Waals surface area contributed by atoms with Crippen molar-refractivity contribution >= 4 is 27.6 Å². The number of nitro benzene ring substituents is 1. The van der Waals surface area contributed by atoms with Gasteiger partial charge in [-0.05, 0) is 43.3 Å². The van der Waals surface area contributed by atoms with Crippen molar-refractivity contribution in [2.75, 3.05) is 0 Å². The lowest BCUT2D eigenvalue weighted by atomic mass is 10.1. The fourth-order valence-corrected chi connectivity index (χ4v) is 2.80. The summed E-state index contributed by atoms with van der Waals surface area (Å²) in [6.45, 7) is 1.67. The number of halogens is 1. The van der Waals surface area contributed by atoms with E-state index in [4.69, 9.17) is 0 Å². The molecule has 2 aromatic carbocycles. The van der Waals surface area contributed by atoms with Crippen molar-refractivity contribution in [2.45, 2.75) is 6.92 Å². The molecule has 126 valence electrons. The van der Waals surface area contributed by atoms with Crippen molar-refractivity contribution in [3.63, 3.8) is 0 Å². The third kappa shape index (κ3) is 3.16. The Labute approximate surface area is 150 Å². The molecule has 0 saturated heterocycles. The standard InChI is InChI=1S/C17H12BrN3O4/c1-10-15(17(22)23)16(11-2-6-14(7-3-11)21(24)25)19-20(10)13-8-4-12(18)5-9-13/h2-9H,1H3,(H,22,23).